The van der Waals surface area contributed by atoms with Crippen molar-refractivity contribution in [3.05, 3.63) is 400 Å². The minimum atomic E-state index is 0.696. The highest BCUT2D eigenvalue weighted by molar-refractivity contribution is 6.19. The molecule has 0 saturated carbocycles. The van der Waals surface area contributed by atoms with Gasteiger partial charge in [-0.3, -0.25) is 0 Å². The molecule has 0 radical (unpaired) electrons. The lowest BCUT2D eigenvalue weighted by Gasteiger charge is -2.15. The third-order valence-electron chi connectivity index (χ3n) is 19.8. The maximum absolute atomic E-state index is 5.34. The molecule has 6 heteroatoms. The normalized spacial score (nSPS) is 11.2. The molecule has 0 saturated heterocycles. The third-order valence-corrected chi connectivity index (χ3v) is 19.8. The van der Waals surface area contributed by atoms with Gasteiger partial charge in [0.25, 0.3) is 0 Å². The molecule has 496 valence electrons. The predicted molar refractivity (Wildman–Crippen MR) is 440 cm³/mol. The first-order chi connectivity index (χ1) is 52.5. The lowest BCUT2D eigenvalue weighted by atomic mass is 9.92. The van der Waals surface area contributed by atoms with E-state index in [4.69, 9.17) is 29.9 Å². The number of aromatic nitrogens is 6. The van der Waals surface area contributed by atoms with Crippen LogP contribution >= 0.6 is 0 Å². The Morgan fingerprint density at radius 1 is 0.142 bits per heavy atom. The van der Waals surface area contributed by atoms with Crippen LogP contribution in [0.15, 0.2) is 400 Å². The molecule has 0 atom stereocenters. The molecule has 0 aliphatic rings. The van der Waals surface area contributed by atoms with Crippen LogP contribution in [0.1, 0.15) is 0 Å². The largest absolute Gasteiger partial charge is 0.247 e. The fourth-order valence-electron chi connectivity index (χ4n) is 14.5. The fraction of sp³-hybridized carbons (Fsp3) is 0. The van der Waals surface area contributed by atoms with Crippen molar-refractivity contribution in [3.8, 4) is 146 Å². The zero-order valence-corrected chi connectivity index (χ0v) is 57.8. The fourth-order valence-corrected chi connectivity index (χ4v) is 14.5. The Morgan fingerprint density at radius 2 is 0.387 bits per heavy atom. The third kappa shape index (κ3) is 13.0. The highest BCUT2D eigenvalue weighted by Crippen LogP contribution is 2.43. The number of hydrogen-bond acceptors (Lipinski definition) is 6. The lowest BCUT2D eigenvalue weighted by molar-refractivity contribution is 1.18. The van der Waals surface area contributed by atoms with Gasteiger partial charge in [-0.1, -0.05) is 376 Å². The number of fused-ring (bicyclic) bond motifs is 6. The quantitative estimate of drug-likeness (QED) is 0.107. The molecule has 4 aromatic heterocycles. The van der Waals surface area contributed by atoms with Gasteiger partial charge in [-0.05, 0) is 79.9 Å². The van der Waals surface area contributed by atoms with Gasteiger partial charge in [0.15, 0.2) is 11.6 Å². The van der Waals surface area contributed by atoms with Crippen molar-refractivity contribution in [3.63, 3.8) is 0 Å². The number of nitrogens with zero attached hydrogens (tertiary/aromatic N) is 6. The maximum atomic E-state index is 5.34. The van der Waals surface area contributed by atoms with Crippen LogP contribution in [0.3, 0.4) is 0 Å². The van der Waals surface area contributed by atoms with Gasteiger partial charge in [0.2, 0.25) is 0 Å². The summed E-state index contributed by atoms with van der Waals surface area (Å²) in [7, 11) is 0. The van der Waals surface area contributed by atoms with Gasteiger partial charge < -0.3 is 0 Å². The first-order valence-electron chi connectivity index (χ1n) is 35.8. The molecule has 106 heavy (non-hydrogen) atoms. The number of rotatable bonds is 13. The Bertz CT molecular complexity index is 6290. The van der Waals surface area contributed by atoms with Crippen molar-refractivity contribution < 1.29 is 0 Å². The van der Waals surface area contributed by atoms with E-state index in [1.807, 2.05) is 60.7 Å². The summed E-state index contributed by atoms with van der Waals surface area (Å²) in [6.45, 7) is 0. The van der Waals surface area contributed by atoms with E-state index in [2.05, 4.69) is 340 Å². The predicted octanol–water partition coefficient (Wildman–Crippen LogP) is 26.0. The average Bonchev–Trinajstić information content (AvgIpc) is 0.747. The molecule has 0 amide bonds. The Kier molecular flexibility index (Phi) is 17.3. The van der Waals surface area contributed by atoms with E-state index in [9.17, 15) is 0 Å². The molecule has 0 aliphatic heterocycles. The molecule has 0 spiro atoms. The second-order valence-corrected chi connectivity index (χ2v) is 26.4. The molecule has 6 nitrogen and oxygen atoms in total. The topological polar surface area (TPSA) is 77.3 Å². The van der Waals surface area contributed by atoms with Crippen molar-refractivity contribution in [2.45, 2.75) is 0 Å². The Hall–Kier alpha value is -14.2. The van der Waals surface area contributed by atoms with Crippen LogP contribution in [0, 0.1) is 0 Å². The van der Waals surface area contributed by atoms with Crippen molar-refractivity contribution >= 4 is 43.4 Å². The second kappa shape index (κ2) is 28.7. The van der Waals surface area contributed by atoms with E-state index in [0.29, 0.717) is 11.6 Å². The van der Waals surface area contributed by atoms with E-state index in [0.717, 1.165) is 139 Å². The molecule has 0 bridgehead atoms. The average molecular weight is 1350 g/mol. The van der Waals surface area contributed by atoms with E-state index < -0.39 is 0 Å². The van der Waals surface area contributed by atoms with Gasteiger partial charge in [0.05, 0.1) is 45.2 Å². The van der Waals surface area contributed by atoms with Crippen LogP contribution < -0.4 is 0 Å². The summed E-state index contributed by atoms with van der Waals surface area (Å²) in [6.07, 6.45) is 0. The summed E-state index contributed by atoms with van der Waals surface area (Å²) < 4.78 is 0. The minimum Gasteiger partial charge on any atom is -0.247 e. The van der Waals surface area contributed by atoms with Crippen molar-refractivity contribution in [1.29, 1.82) is 0 Å². The lowest BCUT2D eigenvalue weighted by Crippen LogP contribution is -1.96. The van der Waals surface area contributed by atoms with Crippen molar-refractivity contribution in [2.75, 3.05) is 0 Å². The smallest absolute Gasteiger partial charge is 0.160 e. The Labute approximate surface area is 615 Å². The van der Waals surface area contributed by atoms with Gasteiger partial charge in [-0.15, -0.1) is 0 Å². The monoisotopic (exact) mass is 1350 g/mol. The standard InChI is InChI=1S/C53H35N3.C47H31N3/c1-5-14-36(15-6-1)37-26-30-43(31-27-37)53-55-48(40-18-9-3-10-19-40)35-49(56-53)41-28-24-38(25-29-41)44-32-33-46-50(34-44)54-52(42-20-11-4-12-21-42)47-23-13-22-45(51(46)47)39-16-7-2-8-17-39;1-5-14-33(15-6-1)39-22-13-23-41-45(39)40-29-28-38(30-44(40)48-46(41)36-18-9-3-10-19-36)32-24-26-35(27-25-32)43-31-42(34-16-7-2-8-17-34)49-47(50-43)37-20-11-4-12-21-37/h1-35H;1-31H. The van der Waals surface area contributed by atoms with Crippen LogP contribution in [-0.2, 0) is 0 Å². The molecule has 0 fully saturated rings. The summed E-state index contributed by atoms with van der Waals surface area (Å²) >= 11 is 0. The minimum absolute atomic E-state index is 0.696. The van der Waals surface area contributed by atoms with Crippen LogP contribution in [-0.4, -0.2) is 29.9 Å². The Balaban J connectivity index is 0.000000151. The van der Waals surface area contributed by atoms with Crippen LogP contribution in [0.25, 0.3) is 189 Å². The zero-order valence-electron chi connectivity index (χ0n) is 57.8. The number of benzene rings is 15. The van der Waals surface area contributed by atoms with E-state index in [-0.39, 0.29) is 0 Å². The summed E-state index contributed by atoms with van der Waals surface area (Å²) in [5.41, 5.74) is 27.4. The molecule has 19 rings (SSSR count). The summed E-state index contributed by atoms with van der Waals surface area (Å²) in [4.78, 5) is 30.8. The van der Waals surface area contributed by atoms with Gasteiger partial charge >= 0.3 is 0 Å². The summed E-state index contributed by atoms with van der Waals surface area (Å²) in [5, 5.41) is 7.01. The molecular weight excluding hydrogens is 1290 g/mol. The molecular formula is C100H66N6. The summed E-state index contributed by atoms with van der Waals surface area (Å²) in [6, 6.07) is 140. The van der Waals surface area contributed by atoms with Crippen LogP contribution in [0.2, 0.25) is 0 Å². The van der Waals surface area contributed by atoms with E-state index >= 15 is 0 Å². The molecule has 19 aromatic rings. The zero-order chi connectivity index (χ0) is 70.5. The second-order valence-electron chi connectivity index (χ2n) is 26.4. The highest BCUT2D eigenvalue weighted by atomic mass is 14.9. The molecule has 0 aliphatic carbocycles. The number of hydrogen-bond donors (Lipinski definition) is 0. The van der Waals surface area contributed by atoms with Crippen LogP contribution in [0.4, 0.5) is 0 Å². The van der Waals surface area contributed by atoms with Crippen molar-refractivity contribution in [2.24, 2.45) is 0 Å². The van der Waals surface area contributed by atoms with Gasteiger partial charge in [0, 0.05) is 76.8 Å². The molecule has 4 heterocycles. The van der Waals surface area contributed by atoms with Gasteiger partial charge in [-0.2, -0.15) is 0 Å². The molecule has 0 N–H and O–H groups in total. The van der Waals surface area contributed by atoms with E-state index in [1.54, 1.807) is 0 Å². The van der Waals surface area contributed by atoms with Gasteiger partial charge in [0.1, 0.15) is 0 Å². The van der Waals surface area contributed by atoms with Crippen molar-refractivity contribution in [1.82, 2.24) is 29.9 Å². The first-order valence-corrected chi connectivity index (χ1v) is 35.8. The first kappa shape index (κ1) is 63.9. The summed E-state index contributed by atoms with van der Waals surface area (Å²) in [5.74, 6) is 1.41. The number of pyridine rings is 2. The molecule has 15 aromatic carbocycles. The maximum Gasteiger partial charge on any atom is 0.160 e. The van der Waals surface area contributed by atoms with E-state index in [1.165, 1.54) is 38.6 Å². The van der Waals surface area contributed by atoms with Crippen LogP contribution in [0.5, 0.6) is 0 Å². The van der Waals surface area contributed by atoms with Gasteiger partial charge in [-0.25, -0.2) is 29.9 Å². The Morgan fingerprint density at radius 3 is 0.736 bits per heavy atom. The highest BCUT2D eigenvalue weighted by Gasteiger charge is 2.20. The SMILES string of the molecule is c1ccc(-c2cc(-c3ccc(-c4ccc5c(c4)nc(-c4ccccc4)c4cccc(-c6ccccc6)c45)cc3)nc(-c3ccccc3)n2)cc1.c1ccc(-c2ccc(-c3nc(-c4ccccc4)cc(-c4ccc(-c5ccc6c(c5)nc(-c5ccccc5)c5cccc(-c7ccccc7)c56)cc4)n3)cc2)cc1. The molecule has 0 unspecified atom stereocenters.